The SMILES string of the molecule is CCn1ccn(C2CC(O)CCC2C(C)(C)C)c1=O. The van der Waals surface area contributed by atoms with E-state index in [0.29, 0.717) is 18.9 Å². The number of nitrogens with zero attached hydrogens (tertiary/aromatic N) is 2. The molecule has 0 spiro atoms. The Bertz CT molecular complexity index is 481. The third kappa shape index (κ3) is 2.78. The van der Waals surface area contributed by atoms with Crippen molar-refractivity contribution in [3.05, 3.63) is 22.9 Å². The molecular formula is C15H26N2O2. The van der Waals surface area contributed by atoms with Crippen LogP contribution in [0, 0.1) is 11.3 Å². The summed E-state index contributed by atoms with van der Waals surface area (Å²) in [7, 11) is 0. The summed E-state index contributed by atoms with van der Waals surface area (Å²) < 4.78 is 3.56. The highest BCUT2D eigenvalue weighted by molar-refractivity contribution is 4.94. The van der Waals surface area contributed by atoms with Crippen molar-refractivity contribution in [2.45, 2.75) is 65.6 Å². The van der Waals surface area contributed by atoms with E-state index >= 15 is 0 Å². The van der Waals surface area contributed by atoms with Gasteiger partial charge in [-0.15, -0.1) is 0 Å². The van der Waals surface area contributed by atoms with Crippen molar-refractivity contribution in [2.24, 2.45) is 11.3 Å². The molecule has 0 saturated heterocycles. The number of imidazole rings is 1. The third-order valence-corrected chi connectivity index (χ3v) is 4.47. The number of hydrogen-bond acceptors (Lipinski definition) is 2. The lowest BCUT2D eigenvalue weighted by molar-refractivity contribution is 0.0286. The Morgan fingerprint density at radius 1 is 1.32 bits per heavy atom. The van der Waals surface area contributed by atoms with E-state index in [-0.39, 0.29) is 23.3 Å². The zero-order valence-corrected chi connectivity index (χ0v) is 12.5. The van der Waals surface area contributed by atoms with Crippen molar-refractivity contribution in [3.63, 3.8) is 0 Å². The molecule has 1 aromatic rings. The van der Waals surface area contributed by atoms with Crippen molar-refractivity contribution in [2.75, 3.05) is 0 Å². The van der Waals surface area contributed by atoms with Crippen molar-refractivity contribution in [1.29, 1.82) is 0 Å². The number of aromatic nitrogens is 2. The minimum absolute atomic E-state index is 0.0517. The van der Waals surface area contributed by atoms with Gasteiger partial charge in [-0.3, -0.25) is 9.13 Å². The Balaban J connectivity index is 2.37. The first-order valence-corrected chi connectivity index (χ1v) is 7.30. The Morgan fingerprint density at radius 2 is 2.00 bits per heavy atom. The number of hydrogen-bond donors (Lipinski definition) is 1. The van der Waals surface area contributed by atoms with E-state index in [0.717, 1.165) is 12.8 Å². The number of rotatable bonds is 2. The maximum absolute atomic E-state index is 12.3. The van der Waals surface area contributed by atoms with Crippen LogP contribution in [0.2, 0.25) is 0 Å². The fraction of sp³-hybridized carbons (Fsp3) is 0.800. The minimum atomic E-state index is -0.277. The molecule has 0 radical (unpaired) electrons. The molecule has 1 aliphatic rings. The Morgan fingerprint density at radius 3 is 2.53 bits per heavy atom. The fourth-order valence-corrected chi connectivity index (χ4v) is 3.36. The van der Waals surface area contributed by atoms with Crippen LogP contribution in [0.4, 0.5) is 0 Å². The van der Waals surface area contributed by atoms with E-state index in [1.165, 1.54) is 0 Å². The molecule has 0 aromatic carbocycles. The summed E-state index contributed by atoms with van der Waals surface area (Å²) >= 11 is 0. The molecule has 19 heavy (non-hydrogen) atoms. The topological polar surface area (TPSA) is 47.2 Å². The van der Waals surface area contributed by atoms with Gasteiger partial charge < -0.3 is 5.11 Å². The van der Waals surface area contributed by atoms with Gasteiger partial charge in [-0.1, -0.05) is 20.8 Å². The summed E-state index contributed by atoms with van der Waals surface area (Å²) in [5.41, 5.74) is 0.203. The van der Waals surface area contributed by atoms with Crippen LogP contribution in [0.1, 0.15) is 53.0 Å². The molecule has 3 unspecified atom stereocenters. The van der Waals surface area contributed by atoms with E-state index in [2.05, 4.69) is 20.8 Å². The van der Waals surface area contributed by atoms with Crippen LogP contribution >= 0.6 is 0 Å². The molecule has 1 aliphatic carbocycles. The highest BCUT2D eigenvalue weighted by atomic mass is 16.3. The van der Waals surface area contributed by atoms with Crippen LogP contribution in [0.25, 0.3) is 0 Å². The minimum Gasteiger partial charge on any atom is -0.393 e. The lowest BCUT2D eigenvalue weighted by Crippen LogP contribution is -2.40. The summed E-state index contributed by atoms with van der Waals surface area (Å²) in [4.78, 5) is 12.3. The molecule has 4 nitrogen and oxygen atoms in total. The first kappa shape index (κ1) is 14.4. The van der Waals surface area contributed by atoms with E-state index in [1.807, 2.05) is 23.9 Å². The molecule has 1 saturated carbocycles. The largest absolute Gasteiger partial charge is 0.393 e. The molecule has 1 fully saturated rings. The van der Waals surface area contributed by atoms with Gasteiger partial charge in [0.1, 0.15) is 0 Å². The molecule has 1 N–H and O–H groups in total. The van der Waals surface area contributed by atoms with Gasteiger partial charge in [-0.05, 0) is 37.5 Å². The maximum Gasteiger partial charge on any atom is 0.328 e. The van der Waals surface area contributed by atoms with Crippen molar-refractivity contribution in [3.8, 4) is 0 Å². The van der Waals surface area contributed by atoms with Gasteiger partial charge in [0.15, 0.2) is 0 Å². The van der Waals surface area contributed by atoms with Gasteiger partial charge in [0.2, 0.25) is 0 Å². The average Bonchev–Trinajstić information content (AvgIpc) is 2.68. The second kappa shape index (κ2) is 5.16. The molecule has 108 valence electrons. The molecule has 0 aliphatic heterocycles. The molecule has 1 heterocycles. The smallest absolute Gasteiger partial charge is 0.328 e. The molecule has 0 amide bonds. The third-order valence-electron chi connectivity index (χ3n) is 4.47. The predicted octanol–water partition coefficient (Wildman–Crippen LogP) is 2.42. The maximum atomic E-state index is 12.3. The standard InChI is InChI=1S/C15H26N2O2/c1-5-16-8-9-17(14(16)19)13-10-11(18)6-7-12(13)15(2,3)4/h8-9,11-13,18H,5-7,10H2,1-4H3. The molecule has 0 bridgehead atoms. The highest BCUT2D eigenvalue weighted by Gasteiger charge is 2.38. The van der Waals surface area contributed by atoms with Crippen molar-refractivity contribution >= 4 is 0 Å². The zero-order chi connectivity index (χ0) is 14.2. The molecule has 4 heteroatoms. The lowest BCUT2D eigenvalue weighted by Gasteiger charge is -2.42. The molecule has 3 atom stereocenters. The summed E-state index contributed by atoms with van der Waals surface area (Å²) in [5, 5.41) is 9.96. The Hall–Kier alpha value is -1.03. The Labute approximate surface area is 115 Å². The van der Waals surface area contributed by atoms with Crippen LogP contribution in [0.5, 0.6) is 0 Å². The normalized spacial score (nSPS) is 28.6. The van der Waals surface area contributed by atoms with Crippen LogP contribution in [-0.2, 0) is 6.54 Å². The number of aryl methyl sites for hydroxylation is 1. The average molecular weight is 266 g/mol. The molecular weight excluding hydrogens is 240 g/mol. The summed E-state index contributed by atoms with van der Waals surface area (Å²) in [5.74, 6) is 0.432. The summed E-state index contributed by atoms with van der Waals surface area (Å²) in [6, 6.07) is 0.115. The monoisotopic (exact) mass is 266 g/mol. The molecule has 2 rings (SSSR count). The fourth-order valence-electron chi connectivity index (χ4n) is 3.36. The van der Waals surface area contributed by atoms with E-state index in [9.17, 15) is 9.90 Å². The first-order chi connectivity index (χ1) is 8.84. The van der Waals surface area contributed by atoms with Crippen LogP contribution in [0.3, 0.4) is 0 Å². The van der Waals surface area contributed by atoms with Crippen LogP contribution < -0.4 is 5.69 Å². The summed E-state index contributed by atoms with van der Waals surface area (Å²) in [6.45, 7) is 9.35. The van der Waals surface area contributed by atoms with Gasteiger partial charge in [0.05, 0.1) is 6.10 Å². The van der Waals surface area contributed by atoms with Gasteiger partial charge >= 0.3 is 5.69 Å². The van der Waals surface area contributed by atoms with E-state index in [1.54, 1.807) is 4.57 Å². The number of aliphatic hydroxyl groups excluding tert-OH is 1. The first-order valence-electron chi connectivity index (χ1n) is 7.30. The Kier molecular flexibility index (Phi) is 3.90. The lowest BCUT2D eigenvalue weighted by atomic mass is 9.69. The van der Waals surface area contributed by atoms with Gasteiger partial charge in [-0.25, -0.2) is 4.79 Å². The second-order valence-electron chi connectivity index (χ2n) is 6.78. The molecule has 1 aromatic heterocycles. The van der Waals surface area contributed by atoms with Crippen LogP contribution in [0.15, 0.2) is 17.2 Å². The van der Waals surface area contributed by atoms with E-state index < -0.39 is 0 Å². The van der Waals surface area contributed by atoms with Crippen molar-refractivity contribution < 1.29 is 5.11 Å². The number of aliphatic hydroxyl groups is 1. The quantitative estimate of drug-likeness (QED) is 0.893. The van der Waals surface area contributed by atoms with Crippen LogP contribution in [-0.4, -0.2) is 20.3 Å². The highest BCUT2D eigenvalue weighted by Crippen LogP contribution is 2.43. The van der Waals surface area contributed by atoms with Gasteiger partial charge in [0.25, 0.3) is 0 Å². The van der Waals surface area contributed by atoms with Gasteiger partial charge in [0, 0.05) is 25.0 Å². The second-order valence-corrected chi connectivity index (χ2v) is 6.78. The van der Waals surface area contributed by atoms with Gasteiger partial charge in [-0.2, -0.15) is 0 Å². The zero-order valence-electron chi connectivity index (χ0n) is 12.5. The predicted molar refractivity (Wildman–Crippen MR) is 76.2 cm³/mol. The van der Waals surface area contributed by atoms with Crippen molar-refractivity contribution in [1.82, 2.24) is 9.13 Å². The summed E-state index contributed by atoms with van der Waals surface area (Å²) in [6.07, 6.45) is 5.98. The van der Waals surface area contributed by atoms with E-state index in [4.69, 9.17) is 0 Å².